The van der Waals surface area contributed by atoms with Gasteiger partial charge >= 0.3 is 5.97 Å². The van der Waals surface area contributed by atoms with Gasteiger partial charge in [-0.1, -0.05) is 11.3 Å². The molecular formula is C7H6N2O2S2. The van der Waals surface area contributed by atoms with Gasteiger partial charge in [0, 0.05) is 0 Å². The molecular weight excluding hydrogens is 208 g/mol. The highest BCUT2D eigenvalue weighted by Gasteiger charge is 2.12. The van der Waals surface area contributed by atoms with E-state index >= 15 is 0 Å². The van der Waals surface area contributed by atoms with Crippen molar-refractivity contribution in [2.75, 3.05) is 12.8 Å². The maximum atomic E-state index is 11.1. The van der Waals surface area contributed by atoms with Crippen LogP contribution in [0.4, 0.5) is 5.13 Å². The number of nitrogen functional groups attached to an aromatic ring is 1. The Hall–Kier alpha value is -1.14. The first-order valence-corrected chi connectivity index (χ1v) is 5.08. The van der Waals surface area contributed by atoms with Gasteiger partial charge in [-0.2, -0.15) is 0 Å². The minimum absolute atomic E-state index is 0.325. The number of carbonyl (C=O) groups is 1. The van der Waals surface area contributed by atoms with E-state index in [1.54, 1.807) is 6.07 Å². The van der Waals surface area contributed by atoms with E-state index in [-0.39, 0.29) is 5.97 Å². The summed E-state index contributed by atoms with van der Waals surface area (Å²) in [7, 11) is 1.36. The number of carbonyl (C=O) groups excluding carboxylic acids is 1. The van der Waals surface area contributed by atoms with Crippen molar-refractivity contribution in [3.05, 3.63) is 10.9 Å². The van der Waals surface area contributed by atoms with Crippen LogP contribution in [0, 0.1) is 0 Å². The molecule has 0 unspecified atom stereocenters. The molecule has 2 aromatic heterocycles. The monoisotopic (exact) mass is 214 g/mol. The van der Waals surface area contributed by atoms with Crippen molar-refractivity contribution in [2.24, 2.45) is 0 Å². The van der Waals surface area contributed by atoms with Gasteiger partial charge < -0.3 is 10.5 Å². The van der Waals surface area contributed by atoms with Gasteiger partial charge in [-0.3, -0.25) is 0 Å². The minimum atomic E-state index is -0.325. The van der Waals surface area contributed by atoms with E-state index in [1.165, 1.54) is 29.8 Å². The number of rotatable bonds is 1. The second-order valence-corrected chi connectivity index (χ2v) is 4.67. The first-order chi connectivity index (χ1) is 6.20. The third kappa shape index (κ3) is 1.38. The average molecular weight is 214 g/mol. The van der Waals surface area contributed by atoms with E-state index in [2.05, 4.69) is 9.72 Å². The number of thiazole rings is 1. The summed E-state index contributed by atoms with van der Waals surface area (Å²) in [6.07, 6.45) is 0. The Labute approximate surface area is 82.0 Å². The zero-order chi connectivity index (χ0) is 9.42. The van der Waals surface area contributed by atoms with Gasteiger partial charge in [-0.15, -0.1) is 11.3 Å². The second kappa shape index (κ2) is 2.97. The fraction of sp³-hybridized carbons (Fsp3) is 0.143. The van der Waals surface area contributed by atoms with Gasteiger partial charge in [-0.05, 0) is 6.07 Å². The van der Waals surface area contributed by atoms with Gasteiger partial charge in [-0.25, -0.2) is 9.78 Å². The number of thiophene rings is 1. The van der Waals surface area contributed by atoms with Crippen LogP contribution in [0.1, 0.15) is 9.67 Å². The number of fused-ring (bicyclic) bond motifs is 1. The largest absolute Gasteiger partial charge is 0.465 e. The molecule has 68 valence electrons. The fourth-order valence-corrected chi connectivity index (χ4v) is 2.93. The minimum Gasteiger partial charge on any atom is -0.465 e. The van der Waals surface area contributed by atoms with E-state index in [9.17, 15) is 4.79 Å². The number of hydrogen-bond acceptors (Lipinski definition) is 6. The Bertz CT molecular complexity index is 428. The number of aromatic nitrogens is 1. The lowest BCUT2D eigenvalue weighted by molar-refractivity contribution is 0.0606. The molecule has 0 aliphatic carbocycles. The zero-order valence-corrected chi connectivity index (χ0v) is 8.37. The van der Waals surface area contributed by atoms with Crippen LogP contribution in [0.15, 0.2) is 6.07 Å². The molecule has 0 aliphatic heterocycles. The molecule has 2 aromatic rings. The predicted molar refractivity (Wildman–Crippen MR) is 53.2 cm³/mol. The summed E-state index contributed by atoms with van der Waals surface area (Å²) in [6, 6.07) is 1.69. The van der Waals surface area contributed by atoms with Crippen LogP contribution in [0.25, 0.3) is 9.53 Å². The number of ether oxygens (including phenoxy) is 1. The summed E-state index contributed by atoms with van der Waals surface area (Å²) < 4.78 is 5.54. The molecule has 2 heterocycles. The van der Waals surface area contributed by atoms with Crippen molar-refractivity contribution in [3.8, 4) is 0 Å². The standard InChI is InChI=1S/C7H6N2O2S2/c1-11-5(10)4-2-3-6(12-4)13-7(8)9-3/h2H,1H3,(H2,8,9). The molecule has 2 rings (SSSR count). The van der Waals surface area contributed by atoms with Gasteiger partial charge in [0.1, 0.15) is 8.89 Å². The molecule has 4 nitrogen and oxygen atoms in total. The number of nitrogens with zero attached hydrogens (tertiary/aromatic N) is 1. The molecule has 0 saturated carbocycles. The maximum absolute atomic E-state index is 11.1. The van der Waals surface area contributed by atoms with Crippen LogP contribution in [0.2, 0.25) is 0 Å². The molecule has 0 aromatic carbocycles. The van der Waals surface area contributed by atoms with E-state index in [0.717, 1.165) is 9.53 Å². The zero-order valence-electron chi connectivity index (χ0n) is 6.73. The average Bonchev–Trinajstić information content (AvgIpc) is 2.59. The number of methoxy groups -OCH3 is 1. The molecule has 2 N–H and O–H groups in total. The Kier molecular flexibility index (Phi) is 1.93. The lowest BCUT2D eigenvalue weighted by Crippen LogP contribution is -1.96. The summed E-state index contributed by atoms with van der Waals surface area (Å²) in [4.78, 5) is 15.7. The maximum Gasteiger partial charge on any atom is 0.348 e. The first-order valence-electron chi connectivity index (χ1n) is 3.45. The van der Waals surface area contributed by atoms with Crippen LogP contribution in [-0.4, -0.2) is 18.1 Å². The third-order valence-corrected chi connectivity index (χ3v) is 3.59. The molecule has 0 bridgehead atoms. The SMILES string of the molecule is COC(=O)c1cc2nc(N)sc2s1. The van der Waals surface area contributed by atoms with Crippen LogP contribution >= 0.6 is 22.7 Å². The van der Waals surface area contributed by atoms with Crippen LogP contribution in [-0.2, 0) is 4.74 Å². The highest BCUT2D eigenvalue weighted by molar-refractivity contribution is 7.40. The molecule has 0 atom stereocenters. The van der Waals surface area contributed by atoms with Gasteiger partial charge in [0.15, 0.2) is 5.13 Å². The smallest absolute Gasteiger partial charge is 0.348 e. The third-order valence-electron chi connectivity index (χ3n) is 1.49. The van der Waals surface area contributed by atoms with Crippen molar-refractivity contribution in [2.45, 2.75) is 0 Å². The topological polar surface area (TPSA) is 65.2 Å². The van der Waals surface area contributed by atoms with Gasteiger partial charge in [0.05, 0.1) is 12.6 Å². The molecule has 0 aliphatic rings. The molecule has 0 amide bonds. The summed E-state index contributed by atoms with van der Waals surface area (Å²) >= 11 is 2.73. The van der Waals surface area contributed by atoms with E-state index in [1.807, 2.05) is 0 Å². The van der Waals surface area contributed by atoms with Crippen molar-refractivity contribution in [1.29, 1.82) is 0 Å². The molecule has 0 fully saturated rings. The van der Waals surface area contributed by atoms with Crippen molar-refractivity contribution in [3.63, 3.8) is 0 Å². The van der Waals surface area contributed by atoms with Crippen LogP contribution in [0.5, 0.6) is 0 Å². The first kappa shape index (κ1) is 8.46. The van der Waals surface area contributed by atoms with Crippen molar-refractivity contribution >= 4 is 43.3 Å². The van der Waals surface area contributed by atoms with Gasteiger partial charge in [0.25, 0.3) is 0 Å². The summed E-state index contributed by atoms with van der Waals surface area (Å²) in [5, 5.41) is 0.526. The number of nitrogens with two attached hydrogens (primary N) is 1. The molecule has 0 radical (unpaired) electrons. The number of hydrogen-bond donors (Lipinski definition) is 1. The molecule has 13 heavy (non-hydrogen) atoms. The van der Waals surface area contributed by atoms with E-state index in [0.29, 0.717) is 10.0 Å². The van der Waals surface area contributed by atoms with E-state index < -0.39 is 0 Å². The quantitative estimate of drug-likeness (QED) is 0.734. The Morgan fingerprint density at radius 3 is 3.00 bits per heavy atom. The normalized spacial score (nSPS) is 10.5. The summed E-state index contributed by atoms with van der Waals surface area (Å²) in [6.45, 7) is 0. The highest BCUT2D eigenvalue weighted by atomic mass is 32.2. The molecule has 0 saturated heterocycles. The van der Waals surface area contributed by atoms with E-state index in [4.69, 9.17) is 5.73 Å². The fourth-order valence-electron chi connectivity index (χ4n) is 0.953. The van der Waals surface area contributed by atoms with Crippen LogP contribution in [0.3, 0.4) is 0 Å². The Balaban J connectivity index is 2.51. The number of anilines is 1. The lowest BCUT2D eigenvalue weighted by atomic mass is 10.4. The Morgan fingerprint density at radius 1 is 1.62 bits per heavy atom. The van der Waals surface area contributed by atoms with Crippen molar-refractivity contribution in [1.82, 2.24) is 4.98 Å². The summed E-state index contributed by atoms with van der Waals surface area (Å²) in [5.41, 5.74) is 6.26. The number of esters is 1. The van der Waals surface area contributed by atoms with Gasteiger partial charge in [0.2, 0.25) is 0 Å². The summed E-state index contributed by atoms with van der Waals surface area (Å²) in [5.74, 6) is -0.325. The molecule has 6 heteroatoms. The lowest BCUT2D eigenvalue weighted by Gasteiger charge is -1.90. The van der Waals surface area contributed by atoms with Crippen molar-refractivity contribution < 1.29 is 9.53 Å². The predicted octanol–water partition coefficient (Wildman–Crippen LogP) is 1.73. The molecule has 0 spiro atoms. The van der Waals surface area contributed by atoms with Crippen LogP contribution < -0.4 is 5.73 Å². The Morgan fingerprint density at radius 2 is 2.38 bits per heavy atom. The highest BCUT2D eigenvalue weighted by Crippen LogP contribution is 2.32. The second-order valence-electron chi connectivity index (χ2n) is 2.33.